The molecule has 7 nitrogen and oxygen atoms in total. The first kappa shape index (κ1) is 30.3. The number of halogens is 5. The van der Waals surface area contributed by atoms with E-state index < -0.39 is 35.3 Å². The van der Waals surface area contributed by atoms with Gasteiger partial charge in [0, 0.05) is 16.3 Å². The summed E-state index contributed by atoms with van der Waals surface area (Å²) >= 11 is 13.3. The van der Waals surface area contributed by atoms with Crippen molar-refractivity contribution in [2.75, 3.05) is 18.5 Å². The molecule has 4 rings (SSSR count). The maximum Gasteiger partial charge on any atom is 0.416 e. The number of anilines is 1. The fraction of sp³-hybridized carbons (Fsp3) is 0.179. The molecular formula is C28H21Cl2F3N2O5S. The van der Waals surface area contributed by atoms with Crippen molar-refractivity contribution in [3.05, 3.63) is 92.3 Å². The predicted octanol–water partition coefficient (Wildman–Crippen LogP) is 7.66. The average molecular weight is 625 g/mol. The van der Waals surface area contributed by atoms with Crippen molar-refractivity contribution >= 4 is 63.8 Å². The Bertz CT molecular complexity index is 1530. The summed E-state index contributed by atoms with van der Waals surface area (Å²) in [4.78, 5) is 38.6. The fourth-order valence-corrected chi connectivity index (χ4v) is 5.05. The highest BCUT2D eigenvalue weighted by atomic mass is 35.5. The molecule has 1 N–H and O–H groups in total. The van der Waals surface area contributed by atoms with Gasteiger partial charge in [0.05, 0.1) is 22.1 Å². The number of hydrogen-bond donors (Lipinski definition) is 1. The minimum absolute atomic E-state index is 0.0186. The zero-order valence-corrected chi connectivity index (χ0v) is 23.6. The smallest absolute Gasteiger partial charge is 0.416 e. The minimum atomic E-state index is -4.59. The van der Waals surface area contributed by atoms with Crippen LogP contribution in [0.2, 0.25) is 10.0 Å². The van der Waals surface area contributed by atoms with Gasteiger partial charge < -0.3 is 14.8 Å². The molecule has 0 bridgehead atoms. The lowest BCUT2D eigenvalue weighted by atomic mass is 10.1. The van der Waals surface area contributed by atoms with Crippen LogP contribution < -0.4 is 14.8 Å². The lowest BCUT2D eigenvalue weighted by Crippen LogP contribution is -2.36. The van der Waals surface area contributed by atoms with Gasteiger partial charge in [-0.15, -0.1) is 0 Å². The lowest BCUT2D eigenvalue weighted by Gasteiger charge is -2.15. The first-order chi connectivity index (χ1) is 19.5. The quantitative estimate of drug-likeness (QED) is 0.246. The summed E-state index contributed by atoms with van der Waals surface area (Å²) in [6.07, 6.45) is -3.18. The first-order valence-electron chi connectivity index (χ1n) is 12.0. The van der Waals surface area contributed by atoms with E-state index in [1.165, 1.54) is 18.2 Å². The molecule has 0 saturated carbocycles. The molecule has 1 aliphatic heterocycles. The third-order valence-electron chi connectivity index (χ3n) is 5.61. The molecule has 1 saturated heterocycles. The van der Waals surface area contributed by atoms with Gasteiger partial charge in [-0.25, -0.2) is 0 Å². The molecule has 214 valence electrons. The Labute approximate surface area is 247 Å². The second-order valence-corrected chi connectivity index (χ2v) is 10.3. The largest absolute Gasteiger partial charge is 0.490 e. The van der Waals surface area contributed by atoms with Crippen molar-refractivity contribution < 1.29 is 37.0 Å². The number of hydrogen-bond acceptors (Lipinski definition) is 6. The van der Waals surface area contributed by atoms with E-state index in [9.17, 15) is 27.6 Å². The number of nitrogens with zero attached hydrogens (tertiary/aromatic N) is 1. The van der Waals surface area contributed by atoms with E-state index in [-0.39, 0.29) is 28.0 Å². The van der Waals surface area contributed by atoms with Gasteiger partial charge in [0.15, 0.2) is 11.5 Å². The van der Waals surface area contributed by atoms with Crippen LogP contribution in [-0.2, 0) is 22.4 Å². The number of ether oxygens (including phenoxy) is 2. The van der Waals surface area contributed by atoms with Crippen LogP contribution in [0.4, 0.5) is 23.7 Å². The number of alkyl halides is 3. The highest BCUT2D eigenvalue weighted by Crippen LogP contribution is 2.40. The highest BCUT2D eigenvalue weighted by Gasteiger charge is 2.36. The van der Waals surface area contributed by atoms with Crippen molar-refractivity contribution in [2.24, 2.45) is 0 Å². The van der Waals surface area contributed by atoms with Crippen LogP contribution in [0.1, 0.15) is 23.6 Å². The molecule has 0 aromatic heterocycles. The van der Waals surface area contributed by atoms with E-state index in [4.69, 9.17) is 32.7 Å². The molecule has 0 radical (unpaired) electrons. The third-order valence-corrected chi connectivity index (χ3v) is 7.17. The van der Waals surface area contributed by atoms with E-state index in [1.54, 1.807) is 31.2 Å². The Morgan fingerprint density at radius 3 is 2.49 bits per heavy atom. The summed E-state index contributed by atoms with van der Waals surface area (Å²) < 4.78 is 50.4. The summed E-state index contributed by atoms with van der Waals surface area (Å²) in [5.74, 6) is -1.01. The Morgan fingerprint density at radius 1 is 1.02 bits per heavy atom. The van der Waals surface area contributed by atoms with Crippen LogP contribution in [0.15, 0.2) is 65.6 Å². The molecule has 1 aliphatic rings. The normalized spacial score (nSPS) is 14.5. The van der Waals surface area contributed by atoms with E-state index in [2.05, 4.69) is 5.32 Å². The Morgan fingerprint density at radius 2 is 1.78 bits per heavy atom. The molecule has 0 unspecified atom stereocenters. The van der Waals surface area contributed by atoms with Crippen molar-refractivity contribution in [3.8, 4) is 11.5 Å². The van der Waals surface area contributed by atoms with E-state index in [0.29, 0.717) is 39.6 Å². The van der Waals surface area contributed by atoms with E-state index >= 15 is 0 Å². The van der Waals surface area contributed by atoms with Crippen LogP contribution in [0.5, 0.6) is 11.5 Å². The number of amides is 3. The number of rotatable bonds is 9. The standard InChI is InChI=1S/C28H21Cl2F3N2O5S/c1-2-39-22-11-16(10-21(30)25(22)40-15-17-6-3-4-9-20(17)29)12-23-26(37)35(27(38)41-23)14-24(36)34-19-8-5-7-18(13-19)28(31,32)33/h3-13H,2,14-15H2,1H3,(H,34,36)/b23-12-. The van der Waals surface area contributed by atoms with Crippen molar-refractivity contribution in [1.29, 1.82) is 0 Å². The van der Waals surface area contributed by atoms with E-state index in [0.717, 1.165) is 23.8 Å². The molecule has 3 amide bonds. The van der Waals surface area contributed by atoms with Crippen molar-refractivity contribution in [1.82, 2.24) is 4.90 Å². The van der Waals surface area contributed by atoms with Gasteiger partial charge in [-0.05, 0) is 66.7 Å². The minimum Gasteiger partial charge on any atom is -0.490 e. The number of thioether (sulfide) groups is 1. The molecule has 1 fully saturated rings. The number of imide groups is 1. The van der Waals surface area contributed by atoms with Crippen molar-refractivity contribution in [3.63, 3.8) is 0 Å². The molecule has 3 aromatic rings. The molecule has 0 aliphatic carbocycles. The monoisotopic (exact) mass is 624 g/mol. The van der Waals surface area contributed by atoms with Crippen LogP contribution in [0, 0.1) is 0 Å². The molecule has 1 heterocycles. The summed E-state index contributed by atoms with van der Waals surface area (Å²) in [7, 11) is 0. The van der Waals surface area contributed by atoms with Gasteiger partial charge in [0.2, 0.25) is 5.91 Å². The number of carbonyl (C=O) groups excluding carboxylic acids is 3. The topological polar surface area (TPSA) is 84.9 Å². The number of nitrogens with one attached hydrogen (secondary N) is 1. The predicted molar refractivity (Wildman–Crippen MR) is 151 cm³/mol. The molecular weight excluding hydrogens is 604 g/mol. The molecule has 0 spiro atoms. The lowest BCUT2D eigenvalue weighted by molar-refractivity contribution is -0.137. The van der Waals surface area contributed by atoms with Gasteiger partial charge in [-0.1, -0.05) is 47.5 Å². The summed E-state index contributed by atoms with van der Waals surface area (Å²) in [5.41, 5.74) is 0.0991. The maximum atomic E-state index is 12.9. The highest BCUT2D eigenvalue weighted by molar-refractivity contribution is 8.18. The van der Waals surface area contributed by atoms with Crippen LogP contribution in [0.25, 0.3) is 6.08 Å². The van der Waals surface area contributed by atoms with Crippen LogP contribution in [-0.4, -0.2) is 35.1 Å². The second kappa shape index (κ2) is 12.9. The zero-order chi connectivity index (χ0) is 29.7. The molecule has 41 heavy (non-hydrogen) atoms. The summed E-state index contributed by atoms with van der Waals surface area (Å²) in [6.45, 7) is 1.51. The van der Waals surface area contributed by atoms with E-state index in [1.807, 2.05) is 6.07 Å². The molecule has 13 heteroatoms. The van der Waals surface area contributed by atoms with Gasteiger partial charge in [0.25, 0.3) is 11.1 Å². The first-order valence-corrected chi connectivity index (χ1v) is 13.6. The summed E-state index contributed by atoms with van der Waals surface area (Å²) in [6, 6.07) is 14.3. The molecule has 0 atom stereocenters. The average Bonchev–Trinajstić information content (AvgIpc) is 3.16. The number of carbonyl (C=O) groups is 3. The van der Waals surface area contributed by atoms with Gasteiger partial charge in [0.1, 0.15) is 13.2 Å². The van der Waals surface area contributed by atoms with Gasteiger partial charge in [-0.3, -0.25) is 19.3 Å². The maximum absolute atomic E-state index is 12.9. The van der Waals surface area contributed by atoms with Gasteiger partial charge in [-0.2, -0.15) is 13.2 Å². The number of benzene rings is 3. The zero-order valence-electron chi connectivity index (χ0n) is 21.3. The Hall–Kier alpha value is -3.67. The Balaban J connectivity index is 1.48. The van der Waals surface area contributed by atoms with Crippen molar-refractivity contribution in [2.45, 2.75) is 19.7 Å². The van der Waals surface area contributed by atoms with Crippen LogP contribution >= 0.6 is 35.0 Å². The SMILES string of the molecule is CCOc1cc(/C=C2\SC(=O)N(CC(=O)Nc3cccc(C(F)(F)F)c3)C2=O)cc(Cl)c1OCc1ccccc1Cl. The molecule has 3 aromatic carbocycles. The fourth-order valence-electron chi connectivity index (χ4n) is 3.74. The summed E-state index contributed by atoms with van der Waals surface area (Å²) in [5, 5.41) is 2.28. The van der Waals surface area contributed by atoms with Gasteiger partial charge >= 0.3 is 6.18 Å². The Kier molecular flexibility index (Phi) is 9.52. The van der Waals surface area contributed by atoms with Crippen LogP contribution in [0.3, 0.4) is 0 Å². The third kappa shape index (κ3) is 7.55. The second-order valence-electron chi connectivity index (χ2n) is 8.54.